The Morgan fingerprint density at radius 3 is 0.909 bits per heavy atom. The Hall–Kier alpha value is 1.66. The molecule has 11 heavy (non-hydrogen) atoms. The average molecular weight is 238 g/mol. The topological polar surface area (TPSA) is 159 Å². The molecule has 0 rings (SSSR count). The van der Waals surface area contributed by atoms with Crippen molar-refractivity contribution in [3.05, 3.63) is 0 Å². The average Bonchev–Trinajstić information content (AvgIpc) is 1.12. The normalized spacial score (nSPS) is 10.8. The van der Waals surface area contributed by atoms with E-state index < -0.39 is 26.0 Å². The summed E-state index contributed by atoms with van der Waals surface area (Å²) < 4.78 is 38.4. The fourth-order valence-electron chi connectivity index (χ4n) is 0. The van der Waals surface area contributed by atoms with Crippen molar-refractivity contribution in [2.45, 2.75) is 0 Å². The first kappa shape index (κ1) is 18.4. The first-order valence-corrected chi connectivity index (χ1v) is 6.04. The molecule has 11 heteroatoms. The summed E-state index contributed by atoms with van der Waals surface area (Å²) in [5.41, 5.74) is 0. The summed E-state index contributed by atoms with van der Waals surface area (Å²) in [5.74, 6) is 0. The second kappa shape index (κ2) is 7.10. The molecule has 0 aromatic rings. The van der Waals surface area contributed by atoms with Crippen molar-refractivity contribution in [3.8, 4) is 0 Å². The third-order valence-electron chi connectivity index (χ3n) is 0. The molecule has 0 aliphatic carbocycles. The third kappa shape index (κ3) is 393. The van der Waals surface area contributed by atoms with Gasteiger partial charge in [0, 0.05) is 0 Å². The molecule has 0 spiro atoms. The van der Waals surface area contributed by atoms with Crippen LogP contribution in [0.15, 0.2) is 0 Å². The second-order valence-corrected chi connectivity index (χ2v) is 4.01. The zero-order valence-corrected chi connectivity index (χ0v) is 6.94. The van der Waals surface area contributed by atoms with Gasteiger partial charge in [0.2, 0.25) is 0 Å². The summed E-state index contributed by atoms with van der Waals surface area (Å²) in [6.07, 6.45) is 0. The zero-order chi connectivity index (χ0) is 9.00. The van der Waals surface area contributed by atoms with Gasteiger partial charge in [-0.2, -0.15) is 0 Å². The van der Waals surface area contributed by atoms with Gasteiger partial charge in [0.05, 0.1) is 0 Å². The fraction of sp³-hybridized carbons (Fsp3) is 0. The first-order valence-electron chi connectivity index (χ1n) is 1.68. The van der Waals surface area contributed by atoms with Crippen LogP contribution in [0.4, 0.5) is 0 Å². The molecule has 0 amide bonds. The number of phosphoric acid groups is 1. The van der Waals surface area contributed by atoms with E-state index in [4.69, 9.17) is 34.0 Å². The molecular formula is H8NaO8PTi. The van der Waals surface area contributed by atoms with Gasteiger partial charge in [-0.1, -0.05) is 0 Å². The van der Waals surface area contributed by atoms with E-state index >= 15 is 0 Å². The van der Waals surface area contributed by atoms with Gasteiger partial charge in [0.15, 0.2) is 0 Å². The van der Waals surface area contributed by atoms with Crippen LogP contribution in [0.5, 0.6) is 0 Å². The Morgan fingerprint density at radius 2 is 0.909 bits per heavy atom. The molecule has 0 heterocycles. The molecule has 7 N–H and O–H groups in total. The second-order valence-electron chi connectivity index (χ2n) is 1.11. The summed E-state index contributed by atoms with van der Waals surface area (Å²) in [6.45, 7) is 0. The van der Waals surface area contributed by atoms with E-state index in [-0.39, 0.29) is 29.6 Å². The molecule has 0 bridgehead atoms. The number of hydrogen-bond donors (Lipinski definition) is 7. The van der Waals surface area contributed by atoms with Gasteiger partial charge >= 0.3 is 70.3 Å². The van der Waals surface area contributed by atoms with Crippen LogP contribution in [-0.2, 0) is 22.7 Å². The fourth-order valence-corrected chi connectivity index (χ4v) is 0. The van der Waals surface area contributed by atoms with E-state index in [0.29, 0.717) is 0 Å². The van der Waals surface area contributed by atoms with Gasteiger partial charge < -0.3 is 14.7 Å². The van der Waals surface area contributed by atoms with Crippen LogP contribution in [0.25, 0.3) is 0 Å². The summed E-state index contributed by atoms with van der Waals surface area (Å²) >= 11 is -5.00. The molecule has 8 nitrogen and oxygen atoms in total. The van der Waals surface area contributed by atoms with Crippen LogP contribution in [0.2, 0.25) is 0 Å². The van der Waals surface area contributed by atoms with Crippen molar-refractivity contribution in [1.29, 1.82) is 0 Å². The molecule has 0 aromatic carbocycles. The molecule has 0 aliphatic rings. The molecule has 0 saturated carbocycles. The molecule has 0 aromatic heterocycles. The summed E-state index contributed by atoms with van der Waals surface area (Å²) in [6, 6.07) is 0. The first-order chi connectivity index (χ1) is 4.00. The van der Waals surface area contributed by atoms with Crippen molar-refractivity contribution in [2.24, 2.45) is 0 Å². The number of hydrogen-bond acceptors (Lipinski definition) is 5. The van der Waals surface area contributed by atoms with Crippen molar-refractivity contribution in [2.75, 3.05) is 0 Å². The van der Waals surface area contributed by atoms with E-state index in [0.717, 1.165) is 0 Å². The maximum absolute atomic E-state index is 8.88. The van der Waals surface area contributed by atoms with Crippen molar-refractivity contribution < 1.29 is 52.1 Å². The van der Waals surface area contributed by atoms with Crippen molar-refractivity contribution >= 4 is 37.4 Å². The van der Waals surface area contributed by atoms with Crippen LogP contribution in [0.3, 0.4) is 0 Å². The van der Waals surface area contributed by atoms with Gasteiger partial charge in [0.1, 0.15) is 0 Å². The molecule has 66 valence electrons. The van der Waals surface area contributed by atoms with Gasteiger partial charge in [-0.05, 0) is 0 Å². The number of rotatable bonds is 0. The quantitative estimate of drug-likeness (QED) is 0.167. The summed E-state index contributed by atoms with van der Waals surface area (Å²) in [7, 11) is -4.64. The standard InChI is InChI=1S/Na.H3O4P.4H2O.Ti.H/c;1-5(2,3)4;;;;;;/h;(H3,1,2,3,4);4*1H2;;/q;;;;;;+4;/p-4. The zero-order valence-electron chi connectivity index (χ0n) is 4.49. The van der Waals surface area contributed by atoms with E-state index in [1.165, 1.54) is 0 Å². The third-order valence-corrected chi connectivity index (χ3v) is 0. The molecule has 0 atom stereocenters. The SMILES string of the molecule is O=P(O)(O)O.[NaH].[OH][Ti]([OH])([OH])[OH]. The summed E-state index contributed by atoms with van der Waals surface area (Å²) in [4.78, 5) is 21.6. The Morgan fingerprint density at radius 1 is 0.909 bits per heavy atom. The van der Waals surface area contributed by atoms with Gasteiger partial charge in [-0.15, -0.1) is 0 Å². The van der Waals surface area contributed by atoms with Gasteiger partial charge in [-0.25, -0.2) is 4.57 Å². The van der Waals surface area contributed by atoms with Gasteiger partial charge in [0.25, 0.3) is 0 Å². The minimum atomic E-state index is -5.00. The summed E-state index contributed by atoms with van der Waals surface area (Å²) in [5, 5.41) is 0. The monoisotopic (exact) mass is 238 g/mol. The van der Waals surface area contributed by atoms with E-state index in [1.54, 1.807) is 0 Å². The van der Waals surface area contributed by atoms with Crippen LogP contribution < -0.4 is 0 Å². The van der Waals surface area contributed by atoms with Crippen molar-refractivity contribution in [3.63, 3.8) is 0 Å². The van der Waals surface area contributed by atoms with Crippen LogP contribution >= 0.6 is 7.82 Å². The Balaban J connectivity index is -0.000000107. The predicted molar refractivity (Wildman–Crippen MR) is 30.3 cm³/mol. The predicted octanol–water partition coefficient (Wildman–Crippen LogP) is -3.81. The van der Waals surface area contributed by atoms with Crippen LogP contribution in [0, 0.1) is 0 Å². The van der Waals surface area contributed by atoms with E-state index in [1.807, 2.05) is 0 Å². The minimum absolute atomic E-state index is 0. The van der Waals surface area contributed by atoms with Gasteiger partial charge in [-0.3, -0.25) is 0 Å². The Bertz CT molecular complexity index is 106. The Kier molecular flexibility index (Phi) is 11.9. The molecular weight excluding hydrogens is 230 g/mol. The van der Waals surface area contributed by atoms with E-state index in [9.17, 15) is 0 Å². The van der Waals surface area contributed by atoms with Crippen molar-refractivity contribution in [1.82, 2.24) is 0 Å². The molecule has 0 fully saturated rings. The maximum atomic E-state index is 8.88. The molecule has 0 unspecified atom stereocenters. The van der Waals surface area contributed by atoms with Crippen LogP contribution in [-0.4, -0.2) is 59.0 Å². The molecule has 0 aliphatic heterocycles. The Labute approximate surface area is 88.9 Å². The molecule has 0 saturated heterocycles. The van der Waals surface area contributed by atoms with Crippen LogP contribution in [0.1, 0.15) is 0 Å². The molecule has 0 radical (unpaired) electrons. The van der Waals surface area contributed by atoms with E-state index in [2.05, 4.69) is 0 Å².